The molecular formula is C21H18N2O5. The van der Waals surface area contributed by atoms with E-state index in [4.69, 9.17) is 4.74 Å². The number of hydrogen-bond acceptors (Lipinski definition) is 5. The van der Waals surface area contributed by atoms with Crippen LogP contribution in [0.25, 0.3) is 10.9 Å². The standard InChI is InChI=1S/C21H18N2O5/c1-12(24)14-6-5-7-15(10-14)22-20(26)13(2)28-21(27)17-11-19(25)23-18-9-4-3-8-16(17)18/h3-11,13H,1-2H3,(H,22,26)(H,23,25)/t13-/m0/s1. The number of nitrogens with one attached hydrogen (secondary N) is 2. The number of carbonyl (C=O) groups excluding carboxylic acids is 3. The van der Waals surface area contributed by atoms with Gasteiger partial charge in [-0.25, -0.2) is 4.79 Å². The van der Waals surface area contributed by atoms with Gasteiger partial charge in [0.2, 0.25) is 5.56 Å². The first-order chi connectivity index (χ1) is 13.3. The summed E-state index contributed by atoms with van der Waals surface area (Å²) in [5, 5.41) is 3.13. The zero-order valence-electron chi connectivity index (χ0n) is 15.3. The Labute approximate surface area is 160 Å². The van der Waals surface area contributed by atoms with Crippen LogP contribution in [-0.4, -0.2) is 28.7 Å². The maximum Gasteiger partial charge on any atom is 0.339 e. The molecule has 0 radical (unpaired) electrons. The van der Waals surface area contributed by atoms with Crippen molar-refractivity contribution in [3.05, 3.63) is 76.1 Å². The van der Waals surface area contributed by atoms with Gasteiger partial charge in [0.15, 0.2) is 11.9 Å². The molecule has 0 bridgehead atoms. The van der Waals surface area contributed by atoms with Gasteiger partial charge in [0, 0.05) is 28.2 Å². The third-order valence-electron chi connectivity index (χ3n) is 4.16. The maximum atomic E-state index is 12.5. The first-order valence-corrected chi connectivity index (χ1v) is 8.60. The van der Waals surface area contributed by atoms with E-state index in [1.165, 1.54) is 13.8 Å². The number of aromatic nitrogens is 1. The number of Topliss-reactive ketones (excluding diaryl/α,β-unsaturated/α-hetero) is 1. The molecule has 0 aliphatic carbocycles. The molecule has 142 valence electrons. The molecule has 0 spiro atoms. The van der Waals surface area contributed by atoms with Gasteiger partial charge in [-0.1, -0.05) is 30.3 Å². The molecule has 1 aromatic heterocycles. The first-order valence-electron chi connectivity index (χ1n) is 8.60. The number of anilines is 1. The fourth-order valence-electron chi connectivity index (χ4n) is 2.71. The van der Waals surface area contributed by atoms with E-state index in [-0.39, 0.29) is 11.3 Å². The van der Waals surface area contributed by atoms with E-state index in [0.29, 0.717) is 22.2 Å². The number of pyridine rings is 1. The first kappa shape index (κ1) is 19.0. The van der Waals surface area contributed by atoms with Crippen molar-refractivity contribution in [2.24, 2.45) is 0 Å². The van der Waals surface area contributed by atoms with E-state index in [0.717, 1.165) is 6.07 Å². The normalized spacial score (nSPS) is 11.6. The van der Waals surface area contributed by atoms with E-state index in [2.05, 4.69) is 10.3 Å². The molecule has 1 amide bonds. The number of rotatable bonds is 5. The Bertz CT molecular complexity index is 1130. The summed E-state index contributed by atoms with van der Waals surface area (Å²) in [5.74, 6) is -1.46. The Kier molecular flexibility index (Phi) is 5.35. The van der Waals surface area contributed by atoms with Crippen molar-refractivity contribution in [3.8, 4) is 0 Å². The van der Waals surface area contributed by atoms with Gasteiger partial charge in [0.25, 0.3) is 5.91 Å². The Morgan fingerprint density at radius 2 is 1.79 bits per heavy atom. The average Bonchev–Trinajstić information content (AvgIpc) is 2.67. The highest BCUT2D eigenvalue weighted by Crippen LogP contribution is 2.17. The second-order valence-electron chi connectivity index (χ2n) is 6.27. The van der Waals surface area contributed by atoms with Crippen LogP contribution < -0.4 is 10.9 Å². The highest BCUT2D eigenvalue weighted by atomic mass is 16.5. The molecule has 2 aromatic carbocycles. The van der Waals surface area contributed by atoms with Gasteiger partial charge in [0.1, 0.15) is 0 Å². The van der Waals surface area contributed by atoms with Gasteiger partial charge in [0.05, 0.1) is 5.56 Å². The van der Waals surface area contributed by atoms with Gasteiger partial charge in [-0.2, -0.15) is 0 Å². The molecule has 3 rings (SSSR count). The molecule has 0 aliphatic rings. The maximum absolute atomic E-state index is 12.5. The molecule has 28 heavy (non-hydrogen) atoms. The van der Waals surface area contributed by atoms with Crippen molar-refractivity contribution in [2.75, 3.05) is 5.32 Å². The molecule has 2 N–H and O–H groups in total. The van der Waals surface area contributed by atoms with Gasteiger partial charge in [-0.3, -0.25) is 14.4 Å². The summed E-state index contributed by atoms with van der Waals surface area (Å²) in [6.07, 6.45) is -1.11. The third-order valence-corrected chi connectivity index (χ3v) is 4.16. The van der Waals surface area contributed by atoms with Crippen molar-refractivity contribution < 1.29 is 19.1 Å². The molecule has 7 nitrogen and oxygen atoms in total. The highest BCUT2D eigenvalue weighted by Gasteiger charge is 2.21. The lowest BCUT2D eigenvalue weighted by Crippen LogP contribution is -2.30. The Morgan fingerprint density at radius 3 is 2.54 bits per heavy atom. The number of benzene rings is 2. The average molecular weight is 378 g/mol. The van der Waals surface area contributed by atoms with Crippen LogP contribution in [0, 0.1) is 0 Å². The van der Waals surface area contributed by atoms with E-state index in [1.54, 1.807) is 48.5 Å². The third kappa shape index (κ3) is 4.15. The van der Waals surface area contributed by atoms with Crippen LogP contribution in [0.3, 0.4) is 0 Å². The minimum absolute atomic E-state index is 0.0811. The second kappa shape index (κ2) is 7.87. The van der Waals surface area contributed by atoms with Crippen LogP contribution in [-0.2, 0) is 9.53 Å². The van der Waals surface area contributed by atoms with Crippen molar-refractivity contribution in [3.63, 3.8) is 0 Å². The number of ether oxygens (including phenoxy) is 1. The zero-order valence-corrected chi connectivity index (χ0v) is 15.3. The molecule has 1 heterocycles. The fraction of sp³-hybridized carbons (Fsp3) is 0.143. The summed E-state index contributed by atoms with van der Waals surface area (Å²) in [6.45, 7) is 2.86. The minimum atomic E-state index is -1.11. The Hall–Kier alpha value is -3.74. The van der Waals surface area contributed by atoms with Gasteiger partial charge in [-0.05, 0) is 32.0 Å². The summed E-state index contributed by atoms with van der Waals surface area (Å²) < 4.78 is 5.24. The smallest absolute Gasteiger partial charge is 0.339 e. The topological polar surface area (TPSA) is 105 Å². The number of carbonyl (C=O) groups is 3. The molecular weight excluding hydrogens is 360 g/mol. The van der Waals surface area contributed by atoms with Gasteiger partial charge >= 0.3 is 5.97 Å². The molecule has 0 saturated carbocycles. The van der Waals surface area contributed by atoms with E-state index >= 15 is 0 Å². The lowest BCUT2D eigenvalue weighted by molar-refractivity contribution is -0.123. The van der Waals surface area contributed by atoms with Crippen LogP contribution in [0.5, 0.6) is 0 Å². The largest absolute Gasteiger partial charge is 0.449 e. The van der Waals surface area contributed by atoms with E-state index < -0.39 is 23.5 Å². The summed E-state index contributed by atoms with van der Waals surface area (Å²) in [6, 6.07) is 14.4. The number of H-pyrrole nitrogens is 1. The summed E-state index contributed by atoms with van der Waals surface area (Å²) >= 11 is 0. The van der Waals surface area contributed by atoms with Crippen molar-refractivity contribution in [1.29, 1.82) is 0 Å². The molecule has 0 fully saturated rings. The SMILES string of the molecule is CC(=O)c1cccc(NC(=O)[C@H](C)OC(=O)c2cc(=O)[nH]c3ccccc23)c1. The van der Waals surface area contributed by atoms with Crippen molar-refractivity contribution >= 4 is 34.3 Å². The van der Waals surface area contributed by atoms with Crippen LogP contribution in [0.4, 0.5) is 5.69 Å². The molecule has 7 heteroatoms. The van der Waals surface area contributed by atoms with Crippen molar-refractivity contribution in [1.82, 2.24) is 4.98 Å². The van der Waals surface area contributed by atoms with E-state index in [9.17, 15) is 19.2 Å². The molecule has 0 aliphatic heterocycles. The number of hydrogen-bond donors (Lipinski definition) is 2. The number of amides is 1. The van der Waals surface area contributed by atoms with E-state index in [1.807, 2.05) is 0 Å². The predicted molar refractivity (Wildman–Crippen MR) is 105 cm³/mol. The van der Waals surface area contributed by atoms with Gasteiger partial charge in [-0.15, -0.1) is 0 Å². The van der Waals surface area contributed by atoms with Crippen LogP contribution >= 0.6 is 0 Å². The Balaban J connectivity index is 1.76. The second-order valence-corrected chi connectivity index (χ2v) is 6.27. The monoisotopic (exact) mass is 378 g/mol. The zero-order chi connectivity index (χ0) is 20.3. The minimum Gasteiger partial charge on any atom is -0.449 e. The summed E-state index contributed by atoms with van der Waals surface area (Å²) in [7, 11) is 0. The van der Waals surface area contributed by atoms with Crippen LogP contribution in [0.15, 0.2) is 59.4 Å². The highest BCUT2D eigenvalue weighted by molar-refractivity contribution is 6.05. The van der Waals surface area contributed by atoms with Crippen LogP contribution in [0.2, 0.25) is 0 Å². The predicted octanol–water partition coefficient (Wildman–Crippen LogP) is 2.91. The summed E-state index contributed by atoms with van der Waals surface area (Å²) in [5.41, 5.74) is 1.01. The van der Waals surface area contributed by atoms with Crippen LogP contribution in [0.1, 0.15) is 34.6 Å². The number of esters is 1. The molecule has 1 atom stereocenters. The molecule has 0 unspecified atom stereocenters. The molecule has 3 aromatic rings. The number of fused-ring (bicyclic) bond motifs is 1. The number of aromatic amines is 1. The quantitative estimate of drug-likeness (QED) is 0.525. The number of para-hydroxylation sites is 1. The number of ketones is 1. The lowest BCUT2D eigenvalue weighted by atomic mass is 10.1. The Morgan fingerprint density at radius 1 is 1.04 bits per heavy atom. The lowest BCUT2D eigenvalue weighted by Gasteiger charge is -2.14. The van der Waals surface area contributed by atoms with Gasteiger partial charge < -0.3 is 15.0 Å². The van der Waals surface area contributed by atoms with Crippen molar-refractivity contribution in [2.45, 2.75) is 20.0 Å². The fourth-order valence-corrected chi connectivity index (χ4v) is 2.71. The molecule has 0 saturated heterocycles. The summed E-state index contributed by atoms with van der Waals surface area (Å²) in [4.78, 5) is 50.7.